The summed E-state index contributed by atoms with van der Waals surface area (Å²) in [4.78, 5) is 11.4. The van der Waals surface area contributed by atoms with Crippen LogP contribution >= 0.6 is 0 Å². The van der Waals surface area contributed by atoms with Gasteiger partial charge in [-0.2, -0.15) is 13.2 Å². The van der Waals surface area contributed by atoms with Gasteiger partial charge in [0.2, 0.25) is 0 Å². The van der Waals surface area contributed by atoms with E-state index in [1.165, 1.54) is 7.05 Å². The Balaban J connectivity index is 1.61. The van der Waals surface area contributed by atoms with Crippen molar-refractivity contribution in [2.45, 2.75) is 19.3 Å². The van der Waals surface area contributed by atoms with Crippen molar-refractivity contribution in [3.05, 3.63) is 77.5 Å². The zero-order valence-corrected chi connectivity index (χ0v) is 15.5. The Morgan fingerprint density at radius 1 is 1.07 bits per heavy atom. The summed E-state index contributed by atoms with van der Waals surface area (Å²) in [6.45, 7) is 0.129. The molecular weight excluding hydrogens is 386 g/mol. The maximum atomic E-state index is 13.2. The molecule has 5 nitrogen and oxygen atoms in total. The minimum absolute atomic E-state index is 0.0776. The fourth-order valence-electron chi connectivity index (χ4n) is 2.75. The normalized spacial score (nSPS) is 12.1. The first kappa shape index (κ1) is 20.4. The van der Waals surface area contributed by atoms with Crippen molar-refractivity contribution in [3.8, 4) is 11.3 Å². The number of halogens is 4. The Morgan fingerprint density at radius 3 is 2.48 bits per heavy atom. The maximum absolute atomic E-state index is 13.2. The molecule has 0 aliphatic rings. The Labute approximate surface area is 164 Å². The molecule has 0 unspecified atom stereocenters. The molecule has 0 fully saturated rings. The van der Waals surface area contributed by atoms with Gasteiger partial charge >= 0.3 is 6.18 Å². The highest BCUT2D eigenvalue weighted by Gasteiger charge is 2.33. The van der Waals surface area contributed by atoms with Gasteiger partial charge < -0.3 is 15.6 Å². The van der Waals surface area contributed by atoms with Crippen LogP contribution in [0.15, 0.2) is 59.7 Å². The summed E-state index contributed by atoms with van der Waals surface area (Å²) in [5, 5.41) is 5.78. The van der Waals surface area contributed by atoms with Crippen LogP contribution < -0.4 is 10.6 Å². The third-order valence-corrected chi connectivity index (χ3v) is 4.18. The zero-order valence-electron chi connectivity index (χ0n) is 15.5. The van der Waals surface area contributed by atoms with E-state index < -0.39 is 17.6 Å². The van der Waals surface area contributed by atoms with E-state index in [1.54, 1.807) is 6.20 Å². The molecule has 152 valence electrons. The monoisotopic (exact) mass is 405 g/mol. The van der Waals surface area contributed by atoms with Crippen molar-refractivity contribution in [2.24, 2.45) is 4.99 Å². The lowest BCUT2D eigenvalue weighted by atomic mass is 10.1. The lowest BCUT2D eigenvalue weighted by Gasteiger charge is -2.15. The Hall–Kier alpha value is -3.36. The summed E-state index contributed by atoms with van der Waals surface area (Å²) in [6, 6.07) is 12.3. The number of nitrogens with one attached hydrogen (secondary N) is 3. The van der Waals surface area contributed by atoms with Gasteiger partial charge in [0.25, 0.3) is 0 Å². The summed E-state index contributed by atoms with van der Waals surface area (Å²) in [6.07, 6.45) is -2.94. The zero-order chi connectivity index (χ0) is 20.9. The standard InChI is InChI=1S/C20H19F4N5/c1-25-19(27-10-14-7-8-15(21)9-16(14)20(22,23)24)28-12-18-26-11-17(29-18)13-5-3-2-4-6-13/h2-9,11H,10,12H2,1H3,(H,26,29)(H2,25,27,28). The number of rotatable bonds is 5. The molecule has 29 heavy (non-hydrogen) atoms. The second-order valence-electron chi connectivity index (χ2n) is 6.19. The number of aromatic nitrogens is 2. The second-order valence-corrected chi connectivity index (χ2v) is 6.19. The van der Waals surface area contributed by atoms with E-state index in [0.717, 1.165) is 23.4 Å². The van der Waals surface area contributed by atoms with Crippen molar-refractivity contribution in [1.29, 1.82) is 0 Å². The van der Waals surface area contributed by atoms with E-state index in [-0.39, 0.29) is 12.1 Å². The smallest absolute Gasteiger partial charge is 0.352 e. The summed E-state index contributed by atoms with van der Waals surface area (Å²) >= 11 is 0. The van der Waals surface area contributed by atoms with Gasteiger partial charge in [0.05, 0.1) is 24.0 Å². The van der Waals surface area contributed by atoms with Gasteiger partial charge in [0, 0.05) is 13.6 Å². The van der Waals surface area contributed by atoms with Crippen molar-refractivity contribution in [2.75, 3.05) is 7.05 Å². The molecule has 0 amide bonds. The molecule has 0 atom stereocenters. The van der Waals surface area contributed by atoms with E-state index in [9.17, 15) is 17.6 Å². The number of benzene rings is 2. The third-order valence-electron chi connectivity index (χ3n) is 4.18. The summed E-state index contributed by atoms with van der Waals surface area (Å²) in [5.41, 5.74) is 0.751. The van der Waals surface area contributed by atoms with Crippen LogP contribution in [0, 0.1) is 5.82 Å². The van der Waals surface area contributed by atoms with E-state index in [2.05, 4.69) is 25.6 Å². The molecule has 0 spiro atoms. The second kappa shape index (κ2) is 8.76. The van der Waals surface area contributed by atoms with Crippen molar-refractivity contribution in [3.63, 3.8) is 0 Å². The number of aliphatic imine (C=N–C) groups is 1. The van der Waals surface area contributed by atoms with Gasteiger partial charge in [-0.1, -0.05) is 36.4 Å². The predicted molar refractivity (Wildman–Crippen MR) is 102 cm³/mol. The molecule has 0 aliphatic heterocycles. The molecule has 1 aromatic heterocycles. The fourth-order valence-corrected chi connectivity index (χ4v) is 2.75. The van der Waals surface area contributed by atoms with Crippen LogP contribution in [0.3, 0.4) is 0 Å². The highest BCUT2D eigenvalue weighted by atomic mass is 19.4. The summed E-state index contributed by atoms with van der Waals surface area (Å²) in [5.74, 6) is 0.000276. The summed E-state index contributed by atoms with van der Waals surface area (Å²) in [7, 11) is 1.50. The minimum atomic E-state index is -4.64. The molecular formula is C20H19F4N5. The van der Waals surface area contributed by atoms with E-state index in [1.807, 2.05) is 30.3 Å². The van der Waals surface area contributed by atoms with Gasteiger partial charge in [0.15, 0.2) is 5.96 Å². The molecule has 3 N–H and O–H groups in total. The molecule has 0 radical (unpaired) electrons. The first-order chi connectivity index (χ1) is 13.9. The molecule has 0 aliphatic carbocycles. The summed E-state index contributed by atoms with van der Waals surface area (Å²) < 4.78 is 52.5. The fraction of sp³-hybridized carbons (Fsp3) is 0.200. The van der Waals surface area contributed by atoms with E-state index in [4.69, 9.17) is 0 Å². The number of H-pyrrole nitrogens is 1. The average Bonchev–Trinajstić information content (AvgIpc) is 3.18. The number of hydrogen-bond acceptors (Lipinski definition) is 2. The molecule has 1 heterocycles. The highest BCUT2D eigenvalue weighted by molar-refractivity contribution is 5.79. The van der Waals surface area contributed by atoms with Gasteiger partial charge in [-0.15, -0.1) is 0 Å². The molecule has 3 rings (SSSR count). The first-order valence-corrected chi connectivity index (χ1v) is 8.76. The number of imidazole rings is 1. The van der Waals surface area contributed by atoms with Crippen molar-refractivity contribution < 1.29 is 17.6 Å². The molecule has 0 bridgehead atoms. The van der Waals surface area contributed by atoms with Crippen molar-refractivity contribution >= 4 is 5.96 Å². The highest BCUT2D eigenvalue weighted by Crippen LogP contribution is 2.32. The van der Waals surface area contributed by atoms with Crippen molar-refractivity contribution in [1.82, 2.24) is 20.6 Å². The number of guanidine groups is 1. The number of alkyl halides is 3. The predicted octanol–water partition coefficient (Wildman–Crippen LogP) is 4.10. The Bertz CT molecular complexity index is 980. The Morgan fingerprint density at radius 2 is 1.79 bits per heavy atom. The molecule has 0 saturated heterocycles. The van der Waals surface area contributed by atoms with Gasteiger partial charge in [0.1, 0.15) is 11.6 Å². The van der Waals surface area contributed by atoms with Gasteiger partial charge in [-0.3, -0.25) is 4.99 Å². The van der Waals surface area contributed by atoms with Crippen LogP contribution in [-0.2, 0) is 19.3 Å². The number of nitrogens with zero attached hydrogens (tertiary/aromatic N) is 2. The molecule has 2 aromatic carbocycles. The van der Waals surface area contributed by atoms with Crippen LogP contribution in [0.1, 0.15) is 17.0 Å². The van der Waals surface area contributed by atoms with Crippen LogP contribution in [0.2, 0.25) is 0 Å². The van der Waals surface area contributed by atoms with E-state index in [0.29, 0.717) is 24.4 Å². The van der Waals surface area contributed by atoms with Crippen LogP contribution in [0.4, 0.5) is 17.6 Å². The average molecular weight is 405 g/mol. The maximum Gasteiger partial charge on any atom is 0.416 e. The van der Waals surface area contributed by atoms with Crippen LogP contribution in [-0.4, -0.2) is 23.0 Å². The number of hydrogen-bond donors (Lipinski definition) is 3. The molecule has 9 heteroatoms. The molecule has 0 saturated carbocycles. The van der Waals surface area contributed by atoms with Crippen LogP contribution in [0.5, 0.6) is 0 Å². The van der Waals surface area contributed by atoms with Gasteiger partial charge in [-0.25, -0.2) is 9.37 Å². The quantitative estimate of drug-likeness (QED) is 0.340. The SMILES string of the molecule is CN=C(NCc1ncc(-c2ccccc2)[nH]1)NCc1ccc(F)cc1C(F)(F)F. The third kappa shape index (κ3) is 5.34. The van der Waals surface area contributed by atoms with Crippen LogP contribution in [0.25, 0.3) is 11.3 Å². The lowest BCUT2D eigenvalue weighted by molar-refractivity contribution is -0.138. The number of aromatic amines is 1. The largest absolute Gasteiger partial charge is 0.416 e. The lowest BCUT2D eigenvalue weighted by Crippen LogP contribution is -2.37. The minimum Gasteiger partial charge on any atom is -0.352 e. The first-order valence-electron chi connectivity index (χ1n) is 8.76. The molecule has 3 aromatic rings. The topological polar surface area (TPSA) is 65.1 Å². The Kier molecular flexibility index (Phi) is 6.16. The van der Waals surface area contributed by atoms with Gasteiger partial charge in [-0.05, 0) is 23.3 Å². The van der Waals surface area contributed by atoms with E-state index >= 15 is 0 Å².